The first kappa shape index (κ1) is 13.5. The molecule has 7 heteroatoms. The number of ether oxygens (including phenoxy) is 1. The third-order valence-electron chi connectivity index (χ3n) is 3.86. The summed E-state index contributed by atoms with van der Waals surface area (Å²) in [6.07, 6.45) is 2.99. The molecule has 2 atom stereocenters. The molecule has 2 N–H and O–H groups in total. The molecule has 2 heterocycles. The van der Waals surface area contributed by atoms with Crippen molar-refractivity contribution in [3.63, 3.8) is 0 Å². The van der Waals surface area contributed by atoms with Gasteiger partial charge in [0.1, 0.15) is 4.21 Å². The van der Waals surface area contributed by atoms with Crippen LogP contribution in [0.4, 0.5) is 0 Å². The van der Waals surface area contributed by atoms with Gasteiger partial charge in [0, 0.05) is 13.1 Å². The van der Waals surface area contributed by atoms with Crippen LogP contribution in [-0.4, -0.2) is 38.0 Å². The molecule has 5 nitrogen and oxygen atoms in total. The van der Waals surface area contributed by atoms with E-state index in [0.29, 0.717) is 23.9 Å². The lowest BCUT2D eigenvalue weighted by atomic mass is 10.2. The van der Waals surface area contributed by atoms with Crippen LogP contribution in [0.25, 0.3) is 0 Å². The molecular weight excluding hydrogens is 284 g/mol. The summed E-state index contributed by atoms with van der Waals surface area (Å²) in [6.45, 7) is 1.33. The summed E-state index contributed by atoms with van der Waals surface area (Å²) >= 11 is 1.26. The Morgan fingerprint density at radius 3 is 3.05 bits per heavy atom. The molecule has 2 aliphatic rings. The van der Waals surface area contributed by atoms with Crippen molar-refractivity contribution in [2.24, 2.45) is 5.73 Å². The van der Waals surface area contributed by atoms with E-state index in [4.69, 9.17) is 10.5 Å². The Kier molecular flexibility index (Phi) is 3.65. The van der Waals surface area contributed by atoms with E-state index in [2.05, 4.69) is 0 Å². The van der Waals surface area contributed by atoms with Crippen LogP contribution in [-0.2, 0) is 21.3 Å². The van der Waals surface area contributed by atoms with Crippen LogP contribution in [0.5, 0.6) is 0 Å². The van der Waals surface area contributed by atoms with Gasteiger partial charge in [-0.25, -0.2) is 8.42 Å². The second kappa shape index (κ2) is 5.14. The van der Waals surface area contributed by atoms with Gasteiger partial charge in [0.2, 0.25) is 0 Å². The maximum Gasteiger partial charge on any atom is 0.252 e. The van der Waals surface area contributed by atoms with E-state index >= 15 is 0 Å². The number of sulfonamides is 1. The van der Waals surface area contributed by atoms with Crippen LogP contribution in [0.1, 0.15) is 24.8 Å². The zero-order valence-electron chi connectivity index (χ0n) is 10.6. The predicted octanol–water partition coefficient (Wildman–Crippen LogP) is 1.15. The summed E-state index contributed by atoms with van der Waals surface area (Å²) in [6, 6.07) is 1.71. The Labute approximate surface area is 117 Å². The predicted molar refractivity (Wildman–Crippen MR) is 73.5 cm³/mol. The molecule has 2 unspecified atom stereocenters. The first-order chi connectivity index (χ1) is 9.13. The van der Waals surface area contributed by atoms with E-state index < -0.39 is 10.0 Å². The number of morpholine rings is 1. The highest BCUT2D eigenvalue weighted by Gasteiger charge is 2.42. The molecule has 0 amide bonds. The van der Waals surface area contributed by atoms with Crippen molar-refractivity contribution in [1.29, 1.82) is 0 Å². The van der Waals surface area contributed by atoms with E-state index in [1.54, 1.807) is 10.4 Å². The Morgan fingerprint density at radius 1 is 1.47 bits per heavy atom. The molecule has 1 aliphatic heterocycles. The van der Waals surface area contributed by atoms with Crippen molar-refractivity contribution in [2.45, 2.75) is 42.2 Å². The lowest BCUT2D eigenvalue weighted by Crippen LogP contribution is -2.50. The third-order valence-corrected chi connectivity index (χ3v) is 7.25. The van der Waals surface area contributed by atoms with Gasteiger partial charge in [0.05, 0.1) is 18.8 Å². The molecule has 0 radical (unpaired) electrons. The summed E-state index contributed by atoms with van der Waals surface area (Å²) in [5.74, 6) is 0. The van der Waals surface area contributed by atoms with Gasteiger partial charge in [0.15, 0.2) is 0 Å². The Morgan fingerprint density at radius 2 is 2.32 bits per heavy atom. The van der Waals surface area contributed by atoms with Gasteiger partial charge in [0.25, 0.3) is 10.0 Å². The second-order valence-corrected chi connectivity index (χ2v) is 8.03. The fourth-order valence-electron chi connectivity index (χ4n) is 2.90. The van der Waals surface area contributed by atoms with Crippen molar-refractivity contribution in [1.82, 2.24) is 4.31 Å². The molecule has 2 fully saturated rings. The average Bonchev–Trinajstić information content (AvgIpc) is 3.06. The van der Waals surface area contributed by atoms with E-state index in [1.165, 1.54) is 11.3 Å². The van der Waals surface area contributed by atoms with Crippen molar-refractivity contribution in [3.8, 4) is 0 Å². The number of hydrogen-bond acceptors (Lipinski definition) is 5. The SMILES string of the molecule is NCc1csc(S(=O)(=O)N2CCOC3CCCC32)c1. The van der Waals surface area contributed by atoms with Crippen LogP contribution < -0.4 is 5.73 Å². The van der Waals surface area contributed by atoms with Gasteiger partial charge >= 0.3 is 0 Å². The highest BCUT2D eigenvalue weighted by atomic mass is 32.2. The zero-order chi connectivity index (χ0) is 13.5. The lowest BCUT2D eigenvalue weighted by Gasteiger charge is -2.36. The molecular formula is C12H18N2O3S2. The number of nitrogens with zero attached hydrogens (tertiary/aromatic N) is 1. The number of hydrogen-bond donors (Lipinski definition) is 1. The molecule has 0 aromatic carbocycles. The molecule has 19 heavy (non-hydrogen) atoms. The monoisotopic (exact) mass is 302 g/mol. The average molecular weight is 302 g/mol. The topological polar surface area (TPSA) is 72.6 Å². The largest absolute Gasteiger partial charge is 0.375 e. The smallest absolute Gasteiger partial charge is 0.252 e. The van der Waals surface area contributed by atoms with Gasteiger partial charge in [-0.3, -0.25) is 0 Å². The molecule has 0 spiro atoms. The molecule has 106 valence electrons. The van der Waals surface area contributed by atoms with Gasteiger partial charge in [-0.05, 0) is 36.3 Å². The number of nitrogens with two attached hydrogens (primary N) is 1. The van der Waals surface area contributed by atoms with Crippen molar-refractivity contribution in [3.05, 3.63) is 17.0 Å². The fourth-order valence-corrected chi connectivity index (χ4v) is 5.91. The van der Waals surface area contributed by atoms with Crippen LogP contribution in [0.2, 0.25) is 0 Å². The van der Waals surface area contributed by atoms with Crippen LogP contribution >= 0.6 is 11.3 Å². The van der Waals surface area contributed by atoms with Crippen LogP contribution in [0, 0.1) is 0 Å². The zero-order valence-corrected chi connectivity index (χ0v) is 12.3. The summed E-state index contributed by atoms with van der Waals surface area (Å²) in [5.41, 5.74) is 6.42. The highest BCUT2D eigenvalue weighted by molar-refractivity contribution is 7.91. The minimum atomic E-state index is -3.39. The maximum absolute atomic E-state index is 12.7. The normalized spacial score (nSPS) is 28.5. The number of fused-ring (bicyclic) bond motifs is 1. The Balaban J connectivity index is 1.90. The summed E-state index contributed by atoms with van der Waals surface area (Å²) in [4.78, 5) is 0. The molecule has 3 rings (SSSR count). The fraction of sp³-hybridized carbons (Fsp3) is 0.667. The first-order valence-electron chi connectivity index (χ1n) is 6.54. The van der Waals surface area contributed by atoms with E-state index in [0.717, 1.165) is 24.8 Å². The van der Waals surface area contributed by atoms with Crippen LogP contribution in [0.3, 0.4) is 0 Å². The van der Waals surface area contributed by atoms with Crippen molar-refractivity contribution in [2.75, 3.05) is 13.2 Å². The Bertz CT molecular complexity index is 555. The second-order valence-electron chi connectivity index (χ2n) is 5.00. The Hall–Kier alpha value is -0.470. The molecule has 0 bridgehead atoms. The molecule has 1 saturated heterocycles. The van der Waals surface area contributed by atoms with E-state index in [1.807, 2.05) is 5.38 Å². The maximum atomic E-state index is 12.7. The minimum Gasteiger partial charge on any atom is -0.375 e. The lowest BCUT2D eigenvalue weighted by molar-refractivity contribution is -0.0241. The first-order valence-corrected chi connectivity index (χ1v) is 8.86. The van der Waals surface area contributed by atoms with Crippen LogP contribution in [0.15, 0.2) is 15.7 Å². The van der Waals surface area contributed by atoms with E-state index in [-0.39, 0.29) is 12.1 Å². The molecule has 1 aliphatic carbocycles. The van der Waals surface area contributed by atoms with Gasteiger partial charge < -0.3 is 10.5 Å². The van der Waals surface area contributed by atoms with E-state index in [9.17, 15) is 8.42 Å². The summed E-state index contributed by atoms with van der Waals surface area (Å²) in [5, 5.41) is 1.82. The quantitative estimate of drug-likeness (QED) is 0.909. The van der Waals surface area contributed by atoms with Gasteiger partial charge in [-0.1, -0.05) is 0 Å². The van der Waals surface area contributed by atoms with Crippen molar-refractivity contribution < 1.29 is 13.2 Å². The molecule has 1 aromatic rings. The highest BCUT2D eigenvalue weighted by Crippen LogP contribution is 2.34. The summed E-state index contributed by atoms with van der Waals surface area (Å²) in [7, 11) is -3.39. The van der Waals surface area contributed by atoms with Gasteiger partial charge in [-0.15, -0.1) is 11.3 Å². The molecule has 1 saturated carbocycles. The standard InChI is InChI=1S/C12H18N2O3S2/c13-7-9-6-12(18-8-9)19(15,16)14-4-5-17-11-3-1-2-10(11)14/h6,8,10-11H,1-5,7,13H2. The molecule has 1 aromatic heterocycles. The third kappa shape index (κ3) is 2.34. The number of thiophene rings is 1. The minimum absolute atomic E-state index is 0.0159. The summed E-state index contributed by atoms with van der Waals surface area (Å²) < 4.78 is 33.1. The van der Waals surface area contributed by atoms with Crippen molar-refractivity contribution >= 4 is 21.4 Å². The number of rotatable bonds is 3. The van der Waals surface area contributed by atoms with Gasteiger partial charge in [-0.2, -0.15) is 4.31 Å².